The first-order valence-corrected chi connectivity index (χ1v) is 7.77. The van der Waals surface area contributed by atoms with Crippen LogP contribution in [0.3, 0.4) is 0 Å². The van der Waals surface area contributed by atoms with Gasteiger partial charge in [0.15, 0.2) is 0 Å². The van der Waals surface area contributed by atoms with E-state index < -0.39 is 0 Å². The summed E-state index contributed by atoms with van der Waals surface area (Å²) in [6.45, 7) is 14.4. The first-order valence-electron chi connectivity index (χ1n) is 7.77. The smallest absolute Gasteiger partial charge is 0.135 e. The van der Waals surface area contributed by atoms with Crippen LogP contribution in [0.5, 0.6) is 0 Å². The SMILES string of the molecule is Cc1nc(C)c(C)c(N(C)CCN2C[C@@H](C)O[C@@H](C)C2)n1. The molecule has 2 rings (SSSR count). The van der Waals surface area contributed by atoms with Crippen LogP contribution in [0.15, 0.2) is 0 Å². The van der Waals surface area contributed by atoms with Gasteiger partial charge in [-0.05, 0) is 34.6 Å². The van der Waals surface area contributed by atoms with E-state index in [2.05, 4.69) is 47.6 Å². The molecule has 118 valence electrons. The van der Waals surface area contributed by atoms with E-state index in [0.717, 1.165) is 43.5 Å². The quantitative estimate of drug-likeness (QED) is 0.848. The molecule has 1 aliphatic heterocycles. The second-order valence-electron chi connectivity index (χ2n) is 6.24. The van der Waals surface area contributed by atoms with Gasteiger partial charge < -0.3 is 9.64 Å². The zero-order valence-electron chi connectivity index (χ0n) is 14.2. The summed E-state index contributed by atoms with van der Waals surface area (Å²) in [5.74, 6) is 1.89. The maximum absolute atomic E-state index is 5.78. The minimum atomic E-state index is 0.323. The van der Waals surface area contributed by atoms with Gasteiger partial charge in [0.25, 0.3) is 0 Å². The lowest BCUT2D eigenvalue weighted by Gasteiger charge is -2.36. The number of nitrogens with zero attached hydrogens (tertiary/aromatic N) is 4. The molecule has 0 radical (unpaired) electrons. The molecule has 0 aliphatic carbocycles. The molecule has 1 aromatic rings. The van der Waals surface area contributed by atoms with E-state index in [-0.39, 0.29) is 0 Å². The molecule has 1 fully saturated rings. The van der Waals surface area contributed by atoms with Crippen molar-refractivity contribution < 1.29 is 4.74 Å². The van der Waals surface area contributed by atoms with E-state index in [9.17, 15) is 0 Å². The highest BCUT2D eigenvalue weighted by Gasteiger charge is 2.22. The lowest BCUT2D eigenvalue weighted by Crippen LogP contribution is -2.47. The van der Waals surface area contributed by atoms with Gasteiger partial charge in [-0.15, -0.1) is 0 Å². The predicted octanol–water partition coefficient (Wildman–Crippen LogP) is 1.95. The van der Waals surface area contributed by atoms with Crippen molar-refractivity contribution in [3.8, 4) is 0 Å². The molecule has 1 saturated heterocycles. The van der Waals surface area contributed by atoms with Gasteiger partial charge in [0.1, 0.15) is 11.6 Å². The van der Waals surface area contributed by atoms with Crippen molar-refractivity contribution in [2.75, 3.05) is 38.1 Å². The zero-order chi connectivity index (χ0) is 15.6. The second kappa shape index (κ2) is 6.71. The standard InChI is InChI=1S/C16H28N4O/c1-11-9-20(10-12(2)21-11)8-7-19(6)16-13(3)14(4)17-15(5)18-16/h11-12H,7-10H2,1-6H3/t11-,12+. The molecule has 21 heavy (non-hydrogen) atoms. The van der Waals surface area contributed by atoms with Crippen LogP contribution >= 0.6 is 0 Å². The number of rotatable bonds is 4. The van der Waals surface area contributed by atoms with Crippen LogP contribution in [-0.2, 0) is 4.74 Å². The van der Waals surface area contributed by atoms with Crippen LogP contribution in [0.1, 0.15) is 30.9 Å². The lowest BCUT2D eigenvalue weighted by atomic mass is 10.2. The van der Waals surface area contributed by atoms with Crippen molar-refractivity contribution in [3.63, 3.8) is 0 Å². The molecule has 0 aromatic carbocycles. The highest BCUT2D eigenvalue weighted by molar-refractivity contribution is 5.47. The molecule has 5 nitrogen and oxygen atoms in total. The zero-order valence-corrected chi connectivity index (χ0v) is 14.2. The Morgan fingerprint density at radius 2 is 1.76 bits per heavy atom. The predicted molar refractivity (Wildman–Crippen MR) is 86.0 cm³/mol. The van der Waals surface area contributed by atoms with Crippen LogP contribution in [0.4, 0.5) is 5.82 Å². The summed E-state index contributed by atoms with van der Waals surface area (Å²) >= 11 is 0. The molecule has 0 spiro atoms. The van der Waals surface area contributed by atoms with Crippen molar-refractivity contribution >= 4 is 5.82 Å². The van der Waals surface area contributed by atoms with Crippen molar-refractivity contribution in [1.82, 2.24) is 14.9 Å². The maximum atomic E-state index is 5.78. The number of hydrogen-bond donors (Lipinski definition) is 0. The number of anilines is 1. The average Bonchev–Trinajstić information content (AvgIpc) is 2.39. The van der Waals surface area contributed by atoms with Gasteiger partial charge in [0.2, 0.25) is 0 Å². The van der Waals surface area contributed by atoms with E-state index in [4.69, 9.17) is 4.74 Å². The summed E-state index contributed by atoms with van der Waals surface area (Å²) in [6.07, 6.45) is 0.647. The average molecular weight is 292 g/mol. The molecule has 0 saturated carbocycles. The van der Waals surface area contributed by atoms with Crippen LogP contribution in [0, 0.1) is 20.8 Å². The summed E-state index contributed by atoms with van der Waals surface area (Å²) in [4.78, 5) is 13.7. The maximum Gasteiger partial charge on any atom is 0.135 e. The summed E-state index contributed by atoms with van der Waals surface area (Å²) in [7, 11) is 2.11. The van der Waals surface area contributed by atoms with Gasteiger partial charge in [-0.3, -0.25) is 4.90 Å². The number of aromatic nitrogens is 2. The third kappa shape index (κ3) is 4.14. The van der Waals surface area contributed by atoms with Gasteiger partial charge >= 0.3 is 0 Å². The van der Waals surface area contributed by atoms with Gasteiger partial charge in [-0.1, -0.05) is 0 Å². The molecule has 0 unspecified atom stereocenters. The molecular weight excluding hydrogens is 264 g/mol. The van der Waals surface area contributed by atoms with Gasteiger partial charge in [-0.25, -0.2) is 9.97 Å². The first kappa shape index (κ1) is 16.2. The number of ether oxygens (including phenoxy) is 1. The van der Waals surface area contributed by atoms with Crippen molar-refractivity contribution in [2.45, 2.75) is 46.8 Å². The van der Waals surface area contributed by atoms with Crippen LogP contribution < -0.4 is 4.90 Å². The van der Waals surface area contributed by atoms with Crippen LogP contribution in [0.25, 0.3) is 0 Å². The van der Waals surface area contributed by atoms with Gasteiger partial charge in [0.05, 0.1) is 12.2 Å². The molecule has 2 heterocycles. The fraction of sp³-hybridized carbons (Fsp3) is 0.750. The van der Waals surface area contributed by atoms with Crippen molar-refractivity contribution in [3.05, 3.63) is 17.1 Å². The Bertz CT molecular complexity index is 481. The number of aryl methyl sites for hydroxylation is 2. The fourth-order valence-corrected chi connectivity index (χ4v) is 2.99. The topological polar surface area (TPSA) is 41.5 Å². The van der Waals surface area contributed by atoms with Crippen molar-refractivity contribution in [2.24, 2.45) is 0 Å². The minimum absolute atomic E-state index is 0.323. The summed E-state index contributed by atoms with van der Waals surface area (Å²) in [5, 5.41) is 0. The minimum Gasteiger partial charge on any atom is -0.373 e. The monoisotopic (exact) mass is 292 g/mol. The Kier molecular flexibility index (Phi) is 5.17. The Morgan fingerprint density at radius 3 is 2.38 bits per heavy atom. The van der Waals surface area contributed by atoms with Crippen LogP contribution in [-0.4, -0.2) is 60.3 Å². The number of morpholine rings is 1. The molecule has 0 N–H and O–H groups in total. The second-order valence-corrected chi connectivity index (χ2v) is 6.24. The Morgan fingerprint density at radius 1 is 1.14 bits per heavy atom. The third-order valence-electron chi connectivity index (χ3n) is 4.08. The highest BCUT2D eigenvalue weighted by atomic mass is 16.5. The molecular formula is C16H28N4O. The molecule has 5 heteroatoms. The van der Waals surface area contributed by atoms with E-state index in [0.29, 0.717) is 12.2 Å². The summed E-state index contributed by atoms with van der Waals surface area (Å²) < 4.78 is 5.78. The normalized spacial score (nSPS) is 23.3. The first-order chi connectivity index (χ1) is 9.86. The molecule has 1 aromatic heterocycles. The van der Waals surface area contributed by atoms with Crippen molar-refractivity contribution in [1.29, 1.82) is 0 Å². The summed E-state index contributed by atoms with van der Waals surface area (Å²) in [5.41, 5.74) is 2.24. The molecule has 0 bridgehead atoms. The van der Waals surface area contributed by atoms with Crippen LogP contribution in [0.2, 0.25) is 0 Å². The molecule has 1 aliphatic rings. The van der Waals surface area contributed by atoms with Gasteiger partial charge in [0, 0.05) is 44.5 Å². The number of likely N-dealkylation sites (N-methyl/N-ethyl adjacent to an activating group) is 1. The number of hydrogen-bond acceptors (Lipinski definition) is 5. The van der Waals surface area contributed by atoms with E-state index in [1.54, 1.807) is 0 Å². The Labute approximate surface area is 128 Å². The Balaban J connectivity index is 1.97. The van der Waals surface area contributed by atoms with E-state index in [1.807, 2.05) is 13.8 Å². The van der Waals surface area contributed by atoms with E-state index >= 15 is 0 Å². The molecule has 0 amide bonds. The summed E-state index contributed by atoms with van der Waals surface area (Å²) in [6, 6.07) is 0. The Hall–Kier alpha value is -1.20. The lowest BCUT2D eigenvalue weighted by molar-refractivity contribution is -0.0670. The highest BCUT2D eigenvalue weighted by Crippen LogP contribution is 2.18. The third-order valence-corrected chi connectivity index (χ3v) is 4.08. The van der Waals surface area contributed by atoms with E-state index in [1.165, 1.54) is 5.56 Å². The molecule has 2 atom stereocenters. The fourth-order valence-electron chi connectivity index (χ4n) is 2.99. The van der Waals surface area contributed by atoms with Gasteiger partial charge in [-0.2, -0.15) is 0 Å². The largest absolute Gasteiger partial charge is 0.373 e.